The highest BCUT2D eigenvalue weighted by molar-refractivity contribution is 6.01. The molecular weight excluding hydrogens is 274 g/mol. The molecule has 0 saturated carbocycles. The number of amides is 1. The molecule has 0 aliphatic carbocycles. The van der Waals surface area contributed by atoms with Gasteiger partial charge in [0, 0.05) is 12.4 Å². The first-order chi connectivity index (χ1) is 10.0. The molecule has 2 aromatic rings. The molecule has 0 bridgehead atoms. The summed E-state index contributed by atoms with van der Waals surface area (Å²) in [5, 5.41) is 15.8. The molecule has 1 unspecified atom stereocenters. The first-order valence-corrected chi connectivity index (χ1v) is 6.24. The van der Waals surface area contributed by atoms with Crippen LogP contribution in [0.3, 0.4) is 0 Å². The summed E-state index contributed by atoms with van der Waals surface area (Å²) < 4.78 is 6.47. The van der Waals surface area contributed by atoms with E-state index in [4.69, 9.17) is 4.74 Å². The number of hydrogen-bond donors (Lipinski definition) is 2. The number of anilines is 1. The summed E-state index contributed by atoms with van der Waals surface area (Å²) >= 11 is 0. The first kappa shape index (κ1) is 14.6. The second kappa shape index (κ2) is 6.08. The molecule has 1 amide bonds. The van der Waals surface area contributed by atoms with Gasteiger partial charge >= 0.3 is 5.97 Å². The number of carbonyl (C=O) groups excluding carboxylic acids is 1. The molecular formula is C14H15N3O4. The summed E-state index contributed by atoms with van der Waals surface area (Å²) in [6.07, 6.45) is 3.23. The number of rotatable bonds is 5. The molecule has 7 nitrogen and oxygen atoms in total. The zero-order chi connectivity index (χ0) is 15.4. The molecule has 21 heavy (non-hydrogen) atoms. The fourth-order valence-corrected chi connectivity index (χ4v) is 1.80. The maximum absolute atomic E-state index is 12.1. The second-order valence-electron chi connectivity index (χ2n) is 4.37. The number of nitrogens with one attached hydrogen (secondary N) is 1. The molecule has 7 heteroatoms. The first-order valence-electron chi connectivity index (χ1n) is 6.24. The van der Waals surface area contributed by atoms with Crippen LogP contribution in [0.1, 0.15) is 23.3 Å². The Labute approximate surface area is 121 Å². The number of nitrogens with zero attached hydrogens (tertiary/aromatic N) is 2. The quantitative estimate of drug-likeness (QED) is 0.875. The molecule has 0 saturated heterocycles. The highest BCUT2D eigenvalue weighted by Gasteiger charge is 2.19. The predicted molar refractivity (Wildman–Crippen MR) is 75.5 cm³/mol. The third kappa shape index (κ3) is 3.19. The number of hydrogen-bond acceptors (Lipinski definition) is 4. The summed E-state index contributed by atoms with van der Waals surface area (Å²) in [7, 11) is 1.44. The minimum atomic E-state index is -1.14. The van der Waals surface area contributed by atoms with Gasteiger partial charge in [-0.05, 0) is 31.2 Å². The number of aromatic carboxylic acids is 1. The Morgan fingerprint density at radius 1 is 1.43 bits per heavy atom. The zero-order valence-electron chi connectivity index (χ0n) is 11.6. The minimum absolute atomic E-state index is 0.0321. The zero-order valence-corrected chi connectivity index (χ0v) is 11.6. The lowest BCUT2D eigenvalue weighted by Crippen LogP contribution is -2.25. The van der Waals surface area contributed by atoms with Gasteiger partial charge in [-0.2, -0.15) is 5.10 Å². The van der Waals surface area contributed by atoms with Gasteiger partial charge in [0.05, 0.1) is 18.4 Å². The lowest BCUT2D eigenvalue weighted by Gasteiger charge is -2.14. The van der Waals surface area contributed by atoms with Crippen LogP contribution >= 0.6 is 0 Å². The van der Waals surface area contributed by atoms with Gasteiger partial charge in [0.2, 0.25) is 5.91 Å². The fraction of sp³-hybridized carbons (Fsp3) is 0.214. The van der Waals surface area contributed by atoms with E-state index in [1.165, 1.54) is 23.9 Å². The van der Waals surface area contributed by atoms with E-state index in [0.717, 1.165) is 0 Å². The summed E-state index contributed by atoms with van der Waals surface area (Å²) in [5.74, 6) is -1.09. The molecule has 1 aromatic carbocycles. The molecule has 110 valence electrons. The highest BCUT2D eigenvalue weighted by atomic mass is 16.5. The number of methoxy groups -OCH3 is 1. The van der Waals surface area contributed by atoms with Gasteiger partial charge in [-0.3, -0.25) is 9.48 Å². The highest BCUT2D eigenvalue weighted by Crippen LogP contribution is 2.23. The van der Waals surface area contributed by atoms with E-state index < -0.39 is 12.0 Å². The Kier molecular flexibility index (Phi) is 4.22. The van der Waals surface area contributed by atoms with Crippen LogP contribution in [0.4, 0.5) is 5.69 Å². The fourth-order valence-electron chi connectivity index (χ4n) is 1.80. The molecule has 1 atom stereocenters. The summed E-state index contributed by atoms with van der Waals surface area (Å²) in [6, 6.07) is 5.59. The Hall–Kier alpha value is -2.83. The van der Waals surface area contributed by atoms with E-state index in [-0.39, 0.29) is 17.2 Å². The van der Waals surface area contributed by atoms with E-state index in [1.807, 2.05) is 0 Å². The number of carboxylic acid groups (broad SMARTS) is 1. The van der Waals surface area contributed by atoms with Crippen molar-refractivity contribution in [2.75, 3.05) is 12.4 Å². The van der Waals surface area contributed by atoms with Gasteiger partial charge in [-0.25, -0.2) is 4.79 Å². The van der Waals surface area contributed by atoms with Crippen LogP contribution in [-0.4, -0.2) is 33.9 Å². The minimum Gasteiger partial charge on any atom is -0.497 e. The molecule has 1 aromatic heterocycles. The maximum atomic E-state index is 12.1. The topological polar surface area (TPSA) is 93.5 Å². The van der Waals surface area contributed by atoms with Crippen molar-refractivity contribution < 1.29 is 19.4 Å². The Morgan fingerprint density at radius 3 is 2.76 bits per heavy atom. The largest absolute Gasteiger partial charge is 0.497 e. The number of carboxylic acids is 1. The van der Waals surface area contributed by atoms with Crippen molar-refractivity contribution >= 4 is 17.6 Å². The van der Waals surface area contributed by atoms with E-state index in [1.54, 1.807) is 31.5 Å². The average molecular weight is 289 g/mol. The Morgan fingerprint density at radius 2 is 2.19 bits per heavy atom. The average Bonchev–Trinajstić information content (AvgIpc) is 3.00. The maximum Gasteiger partial charge on any atom is 0.337 e. The van der Waals surface area contributed by atoms with Gasteiger partial charge in [0.1, 0.15) is 11.8 Å². The van der Waals surface area contributed by atoms with Crippen LogP contribution in [0.15, 0.2) is 36.7 Å². The summed E-state index contributed by atoms with van der Waals surface area (Å²) in [4.78, 5) is 23.4. The molecule has 2 N–H and O–H groups in total. The van der Waals surface area contributed by atoms with Crippen molar-refractivity contribution in [1.82, 2.24) is 9.78 Å². The van der Waals surface area contributed by atoms with Crippen LogP contribution in [0, 0.1) is 0 Å². The van der Waals surface area contributed by atoms with E-state index in [0.29, 0.717) is 5.75 Å². The molecule has 0 fully saturated rings. The third-order valence-electron chi connectivity index (χ3n) is 3.02. The van der Waals surface area contributed by atoms with Crippen LogP contribution in [-0.2, 0) is 4.79 Å². The molecule has 0 aliphatic heterocycles. The molecule has 1 heterocycles. The third-order valence-corrected chi connectivity index (χ3v) is 3.02. The van der Waals surface area contributed by atoms with Crippen molar-refractivity contribution in [2.24, 2.45) is 0 Å². The molecule has 0 radical (unpaired) electrons. The van der Waals surface area contributed by atoms with Crippen LogP contribution in [0.5, 0.6) is 5.75 Å². The molecule has 0 spiro atoms. The summed E-state index contributed by atoms with van der Waals surface area (Å²) in [5.41, 5.74) is 0.183. The van der Waals surface area contributed by atoms with Gasteiger partial charge in [-0.15, -0.1) is 0 Å². The van der Waals surface area contributed by atoms with Gasteiger partial charge in [0.15, 0.2) is 0 Å². The van der Waals surface area contributed by atoms with Crippen molar-refractivity contribution in [3.05, 3.63) is 42.2 Å². The Bertz CT molecular complexity index is 652. The standard InChI is InChI=1S/C14H15N3O4/c1-9(17-7-3-6-15-17)13(18)16-12-5-4-10(21-2)8-11(12)14(19)20/h3-9H,1-2H3,(H,16,18)(H,19,20). The van der Waals surface area contributed by atoms with Gasteiger partial charge in [-0.1, -0.05) is 0 Å². The summed E-state index contributed by atoms with van der Waals surface area (Å²) in [6.45, 7) is 1.67. The SMILES string of the molecule is COc1ccc(NC(=O)C(C)n2cccn2)c(C(=O)O)c1. The number of benzene rings is 1. The number of ether oxygens (including phenoxy) is 1. The lowest BCUT2D eigenvalue weighted by molar-refractivity contribution is -0.119. The second-order valence-corrected chi connectivity index (χ2v) is 4.37. The van der Waals surface area contributed by atoms with Crippen LogP contribution in [0.25, 0.3) is 0 Å². The van der Waals surface area contributed by atoms with Crippen LogP contribution in [0.2, 0.25) is 0 Å². The predicted octanol–water partition coefficient (Wildman–Crippen LogP) is 1.79. The van der Waals surface area contributed by atoms with Gasteiger partial charge < -0.3 is 15.2 Å². The van der Waals surface area contributed by atoms with Crippen molar-refractivity contribution in [2.45, 2.75) is 13.0 Å². The number of aromatic nitrogens is 2. The van der Waals surface area contributed by atoms with Crippen LogP contribution < -0.4 is 10.1 Å². The van der Waals surface area contributed by atoms with Crippen molar-refractivity contribution in [3.63, 3.8) is 0 Å². The number of carbonyl (C=O) groups is 2. The van der Waals surface area contributed by atoms with Crippen molar-refractivity contribution in [3.8, 4) is 5.75 Å². The molecule has 2 rings (SSSR count). The smallest absolute Gasteiger partial charge is 0.337 e. The normalized spacial score (nSPS) is 11.7. The van der Waals surface area contributed by atoms with Crippen molar-refractivity contribution in [1.29, 1.82) is 0 Å². The van der Waals surface area contributed by atoms with Gasteiger partial charge in [0.25, 0.3) is 0 Å². The van der Waals surface area contributed by atoms with E-state index >= 15 is 0 Å². The lowest BCUT2D eigenvalue weighted by atomic mass is 10.1. The molecule has 0 aliphatic rings. The van der Waals surface area contributed by atoms with E-state index in [9.17, 15) is 14.7 Å². The monoisotopic (exact) mass is 289 g/mol. The Balaban J connectivity index is 2.23. The van der Waals surface area contributed by atoms with E-state index in [2.05, 4.69) is 10.4 Å².